The molecule has 0 saturated heterocycles. The first-order valence-corrected chi connectivity index (χ1v) is 7.97. The molecule has 0 aliphatic heterocycles. The van der Waals surface area contributed by atoms with Crippen LogP contribution in [0.4, 0.5) is 5.82 Å². The molecule has 6 nitrogen and oxygen atoms in total. The predicted octanol–water partition coefficient (Wildman–Crippen LogP) is 1.08. The van der Waals surface area contributed by atoms with E-state index in [9.17, 15) is 8.42 Å². The van der Waals surface area contributed by atoms with Crippen LogP contribution in [0.3, 0.4) is 0 Å². The molecule has 0 spiro atoms. The minimum atomic E-state index is -3.41. The van der Waals surface area contributed by atoms with E-state index < -0.39 is 10.0 Å². The Hall–Kier alpha value is -1.18. The maximum atomic E-state index is 11.9. The van der Waals surface area contributed by atoms with Crippen molar-refractivity contribution in [2.45, 2.75) is 24.3 Å². The molecule has 0 radical (unpaired) electrons. The minimum absolute atomic E-state index is 0.203. The molecule has 1 rings (SSSR count). The molecule has 0 saturated carbocycles. The van der Waals surface area contributed by atoms with Crippen LogP contribution < -0.4 is 5.32 Å². The van der Waals surface area contributed by atoms with E-state index in [4.69, 9.17) is 0 Å². The van der Waals surface area contributed by atoms with Crippen molar-refractivity contribution in [2.75, 3.05) is 40.1 Å². The summed E-state index contributed by atoms with van der Waals surface area (Å²) in [5.74, 6) is 0.689. The number of aromatic nitrogens is 1. The van der Waals surface area contributed by atoms with Crippen LogP contribution >= 0.6 is 0 Å². The van der Waals surface area contributed by atoms with Crippen molar-refractivity contribution in [1.82, 2.24) is 14.2 Å². The highest BCUT2D eigenvalue weighted by molar-refractivity contribution is 7.89. The summed E-state index contributed by atoms with van der Waals surface area (Å²) < 4.78 is 25.0. The molecule has 1 atom stereocenters. The summed E-state index contributed by atoms with van der Waals surface area (Å²) in [7, 11) is 3.67. The molecular formula is C13H24N4O2S. The Labute approximate surface area is 121 Å². The van der Waals surface area contributed by atoms with Crippen LogP contribution in [0, 0.1) is 0 Å². The lowest BCUT2D eigenvalue weighted by atomic mass is 10.2. The van der Waals surface area contributed by atoms with Crippen LogP contribution in [0.25, 0.3) is 0 Å². The predicted molar refractivity (Wildman–Crippen MR) is 81.4 cm³/mol. The summed E-state index contributed by atoms with van der Waals surface area (Å²) >= 11 is 0. The van der Waals surface area contributed by atoms with Gasteiger partial charge in [0.05, 0.1) is 0 Å². The number of anilines is 1. The topological polar surface area (TPSA) is 65.5 Å². The van der Waals surface area contributed by atoms with Crippen LogP contribution in [0.1, 0.15) is 13.3 Å². The number of nitrogens with one attached hydrogen (secondary N) is 1. The molecule has 0 fully saturated rings. The van der Waals surface area contributed by atoms with Crippen LogP contribution in [0.5, 0.6) is 0 Å². The Balaban J connectivity index is 2.68. The van der Waals surface area contributed by atoms with Crippen molar-refractivity contribution in [3.05, 3.63) is 18.3 Å². The molecule has 0 aliphatic rings. The van der Waals surface area contributed by atoms with Crippen LogP contribution in [-0.4, -0.2) is 63.4 Å². The van der Waals surface area contributed by atoms with Gasteiger partial charge >= 0.3 is 0 Å². The van der Waals surface area contributed by atoms with Gasteiger partial charge in [-0.1, -0.05) is 0 Å². The van der Waals surface area contributed by atoms with Crippen molar-refractivity contribution < 1.29 is 8.42 Å². The molecule has 114 valence electrons. The summed E-state index contributed by atoms with van der Waals surface area (Å²) in [6.45, 7) is 3.07. The number of rotatable bonds is 7. The third kappa shape index (κ3) is 4.73. The highest BCUT2D eigenvalue weighted by Gasteiger charge is 2.17. The highest BCUT2D eigenvalue weighted by atomic mass is 32.2. The molecule has 1 aromatic heterocycles. The molecule has 0 amide bonds. The van der Waals surface area contributed by atoms with Gasteiger partial charge in [0.1, 0.15) is 10.7 Å². The van der Waals surface area contributed by atoms with E-state index in [1.807, 2.05) is 14.1 Å². The van der Waals surface area contributed by atoms with E-state index in [1.54, 1.807) is 12.1 Å². The average molecular weight is 300 g/mol. The van der Waals surface area contributed by atoms with Crippen LogP contribution in [0.2, 0.25) is 0 Å². The summed E-state index contributed by atoms with van der Waals surface area (Å²) in [5.41, 5.74) is 0. The second-order valence-electron chi connectivity index (χ2n) is 5.30. The zero-order chi connectivity index (χ0) is 15.3. The lowest BCUT2D eigenvalue weighted by Gasteiger charge is -2.17. The van der Waals surface area contributed by atoms with Gasteiger partial charge in [-0.05, 0) is 46.1 Å². The monoisotopic (exact) mass is 300 g/mol. The van der Waals surface area contributed by atoms with Crippen molar-refractivity contribution in [1.29, 1.82) is 0 Å². The Morgan fingerprint density at radius 1 is 1.25 bits per heavy atom. The molecule has 1 aromatic rings. The molecule has 1 heterocycles. The Morgan fingerprint density at radius 2 is 1.90 bits per heavy atom. The van der Waals surface area contributed by atoms with Gasteiger partial charge < -0.3 is 10.2 Å². The summed E-state index contributed by atoms with van der Waals surface area (Å²) in [6, 6.07) is 3.55. The summed E-state index contributed by atoms with van der Waals surface area (Å²) in [6.07, 6.45) is 2.38. The van der Waals surface area contributed by atoms with Gasteiger partial charge in [0, 0.05) is 26.3 Å². The van der Waals surface area contributed by atoms with Gasteiger partial charge in [0.15, 0.2) is 0 Å². The van der Waals surface area contributed by atoms with E-state index in [1.165, 1.54) is 24.6 Å². The standard InChI is InChI=1S/C13H24N4O2S/c1-11(8-9-16(2)3)15-13-7-6-12(10-14-13)20(18,19)17(4)5/h6-7,10-11H,8-9H2,1-5H3,(H,14,15). The molecule has 20 heavy (non-hydrogen) atoms. The average Bonchev–Trinajstić information content (AvgIpc) is 2.37. The Kier molecular flexibility index (Phi) is 5.91. The fraction of sp³-hybridized carbons (Fsp3) is 0.615. The normalized spacial score (nSPS) is 13.8. The Morgan fingerprint density at radius 3 is 2.35 bits per heavy atom. The maximum absolute atomic E-state index is 11.9. The summed E-state index contributed by atoms with van der Waals surface area (Å²) in [5, 5.41) is 3.26. The van der Waals surface area contributed by atoms with Crippen LogP contribution in [0.15, 0.2) is 23.2 Å². The van der Waals surface area contributed by atoms with E-state index in [2.05, 4.69) is 22.1 Å². The number of nitrogens with zero attached hydrogens (tertiary/aromatic N) is 3. The minimum Gasteiger partial charge on any atom is -0.368 e. The Bertz CT molecular complexity index is 512. The molecular weight excluding hydrogens is 276 g/mol. The number of sulfonamides is 1. The maximum Gasteiger partial charge on any atom is 0.244 e. The fourth-order valence-corrected chi connectivity index (χ4v) is 2.45. The van der Waals surface area contributed by atoms with Gasteiger partial charge in [-0.25, -0.2) is 17.7 Å². The van der Waals surface area contributed by atoms with E-state index in [-0.39, 0.29) is 10.9 Å². The molecule has 7 heteroatoms. The van der Waals surface area contributed by atoms with E-state index in [0.29, 0.717) is 5.82 Å². The molecule has 1 N–H and O–H groups in total. The van der Waals surface area contributed by atoms with Crippen LogP contribution in [-0.2, 0) is 10.0 Å². The van der Waals surface area contributed by atoms with E-state index in [0.717, 1.165) is 13.0 Å². The second kappa shape index (κ2) is 7.01. The van der Waals surface area contributed by atoms with E-state index >= 15 is 0 Å². The summed E-state index contributed by atoms with van der Waals surface area (Å²) in [4.78, 5) is 6.49. The van der Waals surface area contributed by atoms with Gasteiger partial charge in [0.2, 0.25) is 10.0 Å². The van der Waals surface area contributed by atoms with Gasteiger partial charge in [-0.2, -0.15) is 0 Å². The van der Waals surface area contributed by atoms with Gasteiger partial charge in [-0.3, -0.25) is 0 Å². The zero-order valence-electron chi connectivity index (χ0n) is 12.8. The number of hydrogen-bond donors (Lipinski definition) is 1. The van der Waals surface area contributed by atoms with Gasteiger partial charge in [0.25, 0.3) is 0 Å². The molecule has 0 bridgehead atoms. The number of hydrogen-bond acceptors (Lipinski definition) is 5. The highest BCUT2D eigenvalue weighted by Crippen LogP contribution is 2.14. The molecule has 0 aliphatic carbocycles. The lowest BCUT2D eigenvalue weighted by Crippen LogP contribution is -2.24. The molecule has 0 aromatic carbocycles. The molecule has 1 unspecified atom stereocenters. The van der Waals surface area contributed by atoms with Crippen molar-refractivity contribution in [2.24, 2.45) is 0 Å². The smallest absolute Gasteiger partial charge is 0.244 e. The quantitative estimate of drug-likeness (QED) is 0.816. The number of pyridine rings is 1. The van der Waals surface area contributed by atoms with Crippen molar-refractivity contribution >= 4 is 15.8 Å². The fourth-order valence-electron chi connectivity index (χ4n) is 1.61. The van der Waals surface area contributed by atoms with Crippen molar-refractivity contribution in [3.63, 3.8) is 0 Å². The third-order valence-electron chi connectivity index (χ3n) is 2.92. The largest absolute Gasteiger partial charge is 0.368 e. The SMILES string of the molecule is CC(CCN(C)C)Nc1ccc(S(=O)(=O)N(C)C)cn1. The first kappa shape index (κ1) is 16.9. The lowest BCUT2D eigenvalue weighted by molar-refractivity contribution is 0.390. The van der Waals surface area contributed by atoms with Crippen molar-refractivity contribution in [3.8, 4) is 0 Å². The first-order valence-electron chi connectivity index (χ1n) is 6.53. The zero-order valence-corrected chi connectivity index (χ0v) is 13.6. The first-order chi connectivity index (χ1) is 9.23. The second-order valence-corrected chi connectivity index (χ2v) is 7.46. The van der Waals surface area contributed by atoms with Gasteiger partial charge in [-0.15, -0.1) is 0 Å². The third-order valence-corrected chi connectivity index (χ3v) is 4.72.